The minimum Gasteiger partial charge on any atom is -0.324 e. The van der Waals surface area contributed by atoms with Crippen LogP contribution in [0.1, 0.15) is 18.4 Å². The van der Waals surface area contributed by atoms with Gasteiger partial charge in [-0.1, -0.05) is 12.1 Å². The van der Waals surface area contributed by atoms with Crippen LogP contribution in [-0.4, -0.2) is 39.7 Å². The lowest BCUT2D eigenvalue weighted by molar-refractivity contribution is 0.126. The maximum absolute atomic E-state index is 14.5. The molecule has 0 unspecified atom stereocenters. The molecule has 22 heavy (non-hydrogen) atoms. The Kier molecular flexibility index (Phi) is 3.82. The van der Waals surface area contributed by atoms with Gasteiger partial charge < -0.3 is 10.6 Å². The third kappa shape index (κ3) is 2.93. The molecule has 120 valence electrons. The van der Waals surface area contributed by atoms with Gasteiger partial charge in [0.05, 0.1) is 12.2 Å². The van der Waals surface area contributed by atoms with E-state index in [1.54, 1.807) is 25.1 Å². The highest BCUT2D eigenvalue weighted by atomic mass is 32.2. The first kappa shape index (κ1) is 15.2. The molecule has 6 nitrogen and oxygen atoms in total. The molecule has 0 aliphatic carbocycles. The van der Waals surface area contributed by atoms with E-state index in [1.807, 2.05) is 0 Å². The molecule has 3 rings (SSSR count). The van der Waals surface area contributed by atoms with Crippen LogP contribution in [0.4, 0.5) is 10.1 Å². The normalized spacial score (nSPS) is 24.2. The predicted octanol–water partition coefficient (Wildman–Crippen LogP) is 1.15. The second kappa shape index (κ2) is 5.51. The van der Waals surface area contributed by atoms with E-state index < -0.39 is 15.7 Å². The lowest BCUT2D eigenvalue weighted by Crippen LogP contribution is -2.44. The molecule has 1 aromatic rings. The van der Waals surface area contributed by atoms with Crippen LogP contribution in [0.25, 0.3) is 0 Å². The number of benzene rings is 1. The Morgan fingerprint density at radius 1 is 1.32 bits per heavy atom. The zero-order chi connectivity index (χ0) is 15.8. The van der Waals surface area contributed by atoms with Crippen molar-refractivity contribution in [3.05, 3.63) is 23.8 Å². The van der Waals surface area contributed by atoms with Gasteiger partial charge >= 0.3 is 0 Å². The molecule has 0 aromatic heterocycles. The van der Waals surface area contributed by atoms with Gasteiger partial charge in [-0.25, -0.2) is 22.5 Å². The van der Waals surface area contributed by atoms with Crippen molar-refractivity contribution in [3.63, 3.8) is 0 Å². The van der Waals surface area contributed by atoms with E-state index in [-0.39, 0.29) is 17.4 Å². The van der Waals surface area contributed by atoms with Gasteiger partial charge in [0.2, 0.25) is 5.96 Å². The largest absolute Gasteiger partial charge is 0.324 e. The monoisotopic (exact) mass is 326 g/mol. The molecule has 2 aliphatic heterocycles. The van der Waals surface area contributed by atoms with Crippen LogP contribution in [-0.2, 0) is 10.0 Å². The van der Waals surface area contributed by atoms with Crippen LogP contribution in [0, 0.1) is 6.92 Å². The van der Waals surface area contributed by atoms with Crippen molar-refractivity contribution in [2.45, 2.75) is 30.3 Å². The van der Waals surface area contributed by atoms with E-state index in [2.05, 4.69) is 20.3 Å². The average Bonchev–Trinajstić information content (AvgIpc) is 2.45. The Hall–Kier alpha value is -1.67. The first-order valence-corrected chi connectivity index (χ1v) is 8.72. The molecule has 0 atom stereocenters. The SMILES string of the molecule is Cc1cccc2c1S(=O)(=O)NC(=NCC1(F)CCNCC1)N2. The molecule has 2 aliphatic rings. The summed E-state index contributed by atoms with van der Waals surface area (Å²) in [6, 6.07) is 5.17. The van der Waals surface area contributed by atoms with Crippen molar-refractivity contribution in [1.82, 2.24) is 10.0 Å². The summed E-state index contributed by atoms with van der Waals surface area (Å²) in [7, 11) is -3.67. The minimum atomic E-state index is -3.67. The highest BCUT2D eigenvalue weighted by molar-refractivity contribution is 7.90. The van der Waals surface area contributed by atoms with E-state index in [9.17, 15) is 12.8 Å². The minimum absolute atomic E-state index is 0.0549. The molecule has 3 N–H and O–H groups in total. The summed E-state index contributed by atoms with van der Waals surface area (Å²) in [4.78, 5) is 4.33. The number of aliphatic imine (C=N–C) groups is 1. The Morgan fingerprint density at radius 2 is 2.05 bits per heavy atom. The van der Waals surface area contributed by atoms with E-state index in [1.165, 1.54) is 0 Å². The van der Waals surface area contributed by atoms with Gasteiger partial charge in [-0.3, -0.25) is 0 Å². The van der Waals surface area contributed by atoms with Gasteiger partial charge in [0.15, 0.2) is 0 Å². The maximum atomic E-state index is 14.5. The third-order valence-electron chi connectivity index (χ3n) is 3.98. The summed E-state index contributed by atoms with van der Waals surface area (Å²) in [5.41, 5.74) is -0.259. The van der Waals surface area contributed by atoms with Gasteiger partial charge in [0.1, 0.15) is 10.6 Å². The van der Waals surface area contributed by atoms with E-state index in [0.717, 1.165) is 0 Å². The smallest absolute Gasteiger partial charge is 0.266 e. The number of aryl methyl sites for hydroxylation is 1. The van der Waals surface area contributed by atoms with E-state index in [0.29, 0.717) is 37.2 Å². The molecular weight excluding hydrogens is 307 g/mol. The highest BCUT2D eigenvalue weighted by Crippen LogP contribution is 2.28. The van der Waals surface area contributed by atoms with Gasteiger partial charge in [-0.05, 0) is 44.5 Å². The van der Waals surface area contributed by atoms with Gasteiger partial charge in [-0.2, -0.15) is 0 Å². The maximum Gasteiger partial charge on any atom is 0.266 e. The molecular formula is C14H19FN4O2S. The highest BCUT2D eigenvalue weighted by Gasteiger charge is 2.33. The molecule has 0 radical (unpaired) electrons. The molecule has 0 spiro atoms. The summed E-state index contributed by atoms with van der Waals surface area (Å²) in [6.07, 6.45) is 0.762. The van der Waals surface area contributed by atoms with Gasteiger partial charge in [0, 0.05) is 0 Å². The van der Waals surface area contributed by atoms with Crippen molar-refractivity contribution in [1.29, 1.82) is 0 Å². The summed E-state index contributed by atoms with van der Waals surface area (Å²) >= 11 is 0. The molecule has 2 heterocycles. The number of sulfonamides is 1. The summed E-state index contributed by atoms with van der Waals surface area (Å²) in [6.45, 7) is 2.90. The van der Waals surface area contributed by atoms with Gasteiger partial charge in [0.25, 0.3) is 10.0 Å². The third-order valence-corrected chi connectivity index (χ3v) is 5.53. The fraction of sp³-hybridized carbons (Fsp3) is 0.500. The van der Waals surface area contributed by atoms with Crippen LogP contribution in [0.5, 0.6) is 0 Å². The van der Waals surface area contributed by atoms with E-state index in [4.69, 9.17) is 0 Å². The molecule has 0 amide bonds. The van der Waals surface area contributed by atoms with Crippen LogP contribution in [0.2, 0.25) is 0 Å². The van der Waals surface area contributed by atoms with Crippen molar-refractivity contribution in [2.24, 2.45) is 4.99 Å². The first-order valence-electron chi connectivity index (χ1n) is 7.23. The molecule has 1 saturated heterocycles. The van der Waals surface area contributed by atoms with Crippen LogP contribution < -0.4 is 15.4 Å². The summed E-state index contributed by atoms with van der Waals surface area (Å²) in [5, 5.41) is 6.02. The molecule has 0 saturated carbocycles. The number of hydrogen-bond donors (Lipinski definition) is 3. The van der Waals surface area contributed by atoms with Crippen molar-refractivity contribution >= 4 is 21.7 Å². The number of anilines is 1. The summed E-state index contributed by atoms with van der Waals surface area (Å²) < 4.78 is 41.5. The fourth-order valence-corrected chi connectivity index (χ4v) is 4.14. The van der Waals surface area contributed by atoms with Crippen molar-refractivity contribution < 1.29 is 12.8 Å². The molecule has 0 bridgehead atoms. The van der Waals surface area contributed by atoms with Crippen LogP contribution in [0.15, 0.2) is 28.1 Å². The molecule has 8 heteroatoms. The fourth-order valence-electron chi connectivity index (χ4n) is 2.76. The van der Waals surface area contributed by atoms with Crippen LogP contribution in [0.3, 0.4) is 0 Å². The number of fused-ring (bicyclic) bond motifs is 1. The number of nitrogens with zero attached hydrogens (tertiary/aromatic N) is 1. The number of rotatable bonds is 2. The predicted molar refractivity (Wildman–Crippen MR) is 83.4 cm³/mol. The quantitative estimate of drug-likeness (QED) is 0.761. The van der Waals surface area contributed by atoms with Crippen LogP contribution >= 0.6 is 0 Å². The lowest BCUT2D eigenvalue weighted by Gasteiger charge is -2.29. The average molecular weight is 326 g/mol. The Balaban J connectivity index is 1.84. The Labute approximate surface area is 129 Å². The summed E-state index contributed by atoms with van der Waals surface area (Å²) in [5.74, 6) is 0.0775. The van der Waals surface area contributed by atoms with E-state index >= 15 is 0 Å². The number of nitrogens with one attached hydrogen (secondary N) is 3. The standard InChI is InChI=1S/C14H19FN4O2S/c1-10-3-2-4-11-12(10)22(20,21)19-13(18-11)17-9-14(15)5-7-16-8-6-14/h2-4,16H,5-9H2,1H3,(H2,17,18,19). The number of alkyl halides is 1. The van der Waals surface area contributed by atoms with Crippen molar-refractivity contribution in [2.75, 3.05) is 25.0 Å². The Bertz CT molecular complexity index is 712. The number of piperidine rings is 1. The van der Waals surface area contributed by atoms with Crippen molar-refractivity contribution in [3.8, 4) is 0 Å². The topological polar surface area (TPSA) is 82.6 Å². The molecule has 1 fully saturated rings. The second-order valence-electron chi connectivity index (χ2n) is 5.75. The number of guanidine groups is 1. The second-order valence-corrected chi connectivity index (χ2v) is 7.37. The lowest BCUT2D eigenvalue weighted by atomic mass is 9.95. The first-order chi connectivity index (χ1) is 10.4. The number of halogens is 1. The zero-order valence-corrected chi connectivity index (χ0v) is 13.1. The van der Waals surface area contributed by atoms with Gasteiger partial charge in [-0.15, -0.1) is 0 Å². The molecule has 1 aromatic carbocycles. The Morgan fingerprint density at radius 3 is 2.77 bits per heavy atom. The zero-order valence-electron chi connectivity index (χ0n) is 12.3. The number of hydrogen-bond acceptors (Lipinski definition) is 4.